The molecule has 2 aromatic rings. The number of rotatable bonds is 4. The third kappa shape index (κ3) is 2.90. The first-order chi connectivity index (χ1) is 10.9. The lowest BCUT2D eigenvalue weighted by molar-refractivity contribution is 0.0507. The molecule has 0 N–H and O–H groups in total. The normalized spacial score (nSPS) is 10.4. The smallest absolute Gasteiger partial charge is 0.357 e. The monoisotopic (exact) mass is 318 g/mol. The van der Waals surface area contributed by atoms with Gasteiger partial charge in [0.2, 0.25) is 5.91 Å². The fourth-order valence-electron chi connectivity index (χ4n) is 2.37. The van der Waals surface area contributed by atoms with Crippen LogP contribution >= 0.6 is 0 Å². The van der Waals surface area contributed by atoms with Gasteiger partial charge in [-0.05, 0) is 38.1 Å². The molecule has 0 unspecified atom stereocenters. The van der Waals surface area contributed by atoms with Gasteiger partial charge in [-0.1, -0.05) is 0 Å². The SMILES string of the molecule is CCOC(=O)c1c(C)n(-c2ccc(OC)cc2)c(=O)n1C(C)=O. The first-order valence-corrected chi connectivity index (χ1v) is 7.09. The van der Waals surface area contributed by atoms with E-state index < -0.39 is 17.6 Å². The zero-order valence-corrected chi connectivity index (χ0v) is 13.5. The van der Waals surface area contributed by atoms with Gasteiger partial charge in [0, 0.05) is 6.92 Å². The molecule has 0 amide bonds. The average Bonchev–Trinajstić information content (AvgIpc) is 2.79. The van der Waals surface area contributed by atoms with E-state index in [0.29, 0.717) is 17.1 Å². The molecule has 7 heteroatoms. The van der Waals surface area contributed by atoms with Crippen molar-refractivity contribution in [2.75, 3.05) is 13.7 Å². The molecule has 7 nitrogen and oxygen atoms in total. The molecule has 0 fully saturated rings. The Hall–Kier alpha value is -2.83. The molecule has 2 rings (SSSR count). The highest BCUT2D eigenvalue weighted by Gasteiger charge is 2.26. The number of carbonyl (C=O) groups excluding carboxylic acids is 2. The van der Waals surface area contributed by atoms with E-state index in [-0.39, 0.29) is 12.3 Å². The molecule has 0 saturated carbocycles. The lowest BCUT2D eigenvalue weighted by Gasteiger charge is -2.06. The number of ether oxygens (including phenoxy) is 2. The summed E-state index contributed by atoms with van der Waals surface area (Å²) in [5.41, 5.74) is 0.205. The van der Waals surface area contributed by atoms with Gasteiger partial charge in [0.25, 0.3) is 0 Å². The third-order valence-corrected chi connectivity index (χ3v) is 3.40. The second kappa shape index (κ2) is 6.51. The molecule has 122 valence electrons. The number of nitrogens with zero attached hydrogens (tertiary/aromatic N) is 2. The maximum atomic E-state index is 12.6. The number of esters is 1. The highest BCUT2D eigenvalue weighted by molar-refractivity contribution is 5.94. The molecule has 0 aliphatic heterocycles. The molecule has 1 heterocycles. The van der Waals surface area contributed by atoms with E-state index in [0.717, 1.165) is 4.57 Å². The lowest BCUT2D eigenvalue weighted by atomic mass is 10.2. The summed E-state index contributed by atoms with van der Waals surface area (Å²) >= 11 is 0. The summed E-state index contributed by atoms with van der Waals surface area (Å²) < 4.78 is 12.2. The first-order valence-electron chi connectivity index (χ1n) is 7.09. The van der Waals surface area contributed by atoms with E-state index in [2.05, 4.69) is 0 Å². The predicted molar refractivity (Wildman–Crippen MR) is 83.6 cm³/mol. The van der Waals surface area contributed by atoms with E-state index in [1.165, 1.54) is 18.6 Å². The zero-order chi connectivity index (χ0) is 17.1. The van der Waals surface area contributed by atoms with Gasteiger partial charge in [-0.3, -0.25) is 9.36 Å². The van der Waals surface area contributed by atoms with Crippen molar-refractivity contribution < 1.29 is 19.1 Å². The summed E-state index contributed by atoms with van der Waals surface area (Å²) in [4.78, 5) is 36.5. The Kier molecular flexibility index (Phi) is 4.68. The molecule has 0 atom stereocenters. The third-order valence-electron chi connectivity index (χ3n) is 3.40. The number of carbonyl (C=O) groups is 2. The van der Waals surface area contributed by atoms with Crippen molar-refractivity contribution in [3.05, 3.63) is 46.1 Å². The highest BCUT2D eigenvalue weighted by Crippen LogP contribution is 2.18. The molecule has 0 aliphatic carbocycles. The summed E-state index contributed by atoms with van der Waals surface area (Å²) in [6.45, 7) is 4.63. The van der Waals surface area contributed by atoms with E-state index in [9.17, 15) is 14.4 Å². The topological polar surface area (TPSA) is 79.5 Å². The molecule has 0 radical (unpaired) electrons. The van der Waals surface area contributed by atoms with Crippen molar-refractivity contribution in [3.63, 3.8) is 0 Å². The molecule has 1 aromatic heterocycles. The van der Waals surface area contributed by atoms with Crippen LogP contribution in [-0.4, -0.2) is 34.7 Å². The predicted octanol–water partition coefficient (Wildman–Crippen LogP) is 1.79. The van der Waals surface area contributed by atoms with Crippen LogP contribution in [0.5, 0.6) is 5.75 Å². The Morgan fingerprint density at radius 3 is 2.26 bits per heavy atom. The van der Waals surface area contributed by atoms with Crippen molar-refractivity contribution in [3.8, 4) is 11.4 Å². The van der Waals surface area contributed by atoms with Gasteiger partial charge in [0.15, 0.2) is 5.69 Å². The van der Waals surface area contributed by atoms with Crippen molar-refractivity contribution in [1.82, 2.24) is 9.13 Å². The van der Waals surface area contributed by atoms with Crippen molar-refractivity contribution in [2.45, 2.75) is 20.8 Å². The number of methoxy groups -OCH3 is 1. The zero-order valence-electron chi connectivity index (χ0n) is 13.5. The largest absolute Gasteiger partial charge is 0.497 e. The van der Waals surface area contributed by atoms with Crippen molar-refractivity contribution >= 4 is 11.9 Å². The maximum Gasteiger partial charge on any atom is 0.357 e. The van der Waals surface area contributed by atoms with Crippen LogP contribution < -0.4 is 10.4 Å². The van der Waals surface area contributed by atoms with Gasteiger partial charge in [-0.2, -0.15) is 0 Å². The Bertz CT molecular complexity index is 799. The minimum absolute atomic E-state index is 0.0554. The van der Waals surface area contributed by atoms with Gasteiger partial charge in [0.05, 0.1) is 25.1 Å². The number of hydrogen-bond donors (Lipinski definition) is 0. The second-order valence-corrected chi connectivity index (χ2v) is 4.82. The first kappa shape index (κ1) is 16.5. The molecular formula is C16H18N2O5. The summed E-state index contributed by atoms with van der Waals surface area (Å²) in [6, 6.07) is 6.73. The van der Waals surface area contributed by atoms with E-state index in [1.807, 2.05) is 0 Å². The van der Waals surface area contributed by atoms with Crippen LogP contribution in [0.15, 0.2) is 29.1 Å². The van der Waals surface area contributed by atoms with Gasteiger partial charge in [-0.25, -0.2) is 14.2 Å². The van der Waals surface area contributed by atoms with Crippen LogP contribution in [-0.2, 0) is 4.74 Å². The van der Waals surface area contributed by atoms with E-state index >= 15 is 0 Å². The van der Waals surface area contributed by atoms with Crippen LogP contribution in [0.4, 0.5) is 0 Å². The summed E-state index contributed by atoms with van der Waals surface area (Å²) in [5, 5.41) is 0. The van der Waals surface area contributed by atoms with Crippen LogP contribution in [0.25, 0.3) is 5.69 Å². The van der Waals surface area contributed by atoms with Crippen molar-refractivity contribution in [1.29, 1.82) is 0 Å². The number of benzene rings is 1. The van der Waals surface area contributed by atoms with Crippen LogP contribution in [0.2, 0.25) is 0 Å². The minimum Gasteiger partial charge on any atom is -0.497 e. The second-order valence-electron chi connectivity index (χ2n) is 4.82. The highest BCUT2D eigenvalue weighted by atomic mass is 16.5. The molecule has 1 aromatic carbocycles. The van der Waals surface area contributed by atoms with E-state index in [1.54, 1.807) is 38.1 Å². The molecule has 0 bridgehead atoms. The number of imidazole rings is 1. The van der Waals surface area contributed by atoms with Gasteiger partial charge < -0.3 is 9.47 Å². The minimum atomic E-state index is -0.704. The molecular weight excluding hydrogens is 300 g/mol. The fraction of sp³-hybridized carbons (Fsp3) is 0.312. The Morgan fingerprint density at radius 2 is 1.78 bits per heavy atom. The standard InChI is InChI=1S/C16H18N2O5/c1-5-23-15(20)14-10(2)17(16(21)18(14)11(3)19)12-6-8-13(22-4)9-7-12/h6-9H,5H2,1-4H3. The summed E-state index contributed by atoms with van der Waals surface area (Å²) in [7, 11) is 1.54. The number of hydrogen-bond acceptors (Lipinski definition) is 5. The maximum absolute atomic E-state index is 12.6. The Balaban J connectivity index is 2.69. The Morgan fingerprint density at radius 1 is 1.17 bits per heavy atom. The molecule has 0 saturated heterocycles. The molecule has 0 aliphatic rings. The van der Waals surface area contributed by atoms with Crippen LogP contribution in [0.1, 0.15) is 34.8 Å². The quantitative estimate of drug-likeness (QED) is 0.803. The van der Waals surface area contributed by atoms with Gasteiger partial charge >= 0.3 is 11.7 Å². The molecule has 0 spiro atoms. The molecule has 23 heavy (non-hydrogen) atoms. The number of aromatic nitrogens is 2. The van der Waals surface area contributed by atoms with Gasteiger partial charge in [-0.15, -0.1) is 0 Å². The summed E-state index contributed by atoms with van der Waals surface area (Å²) in [5.74, 6) is -0.617. The van der Waals surface area contributed by atoms with E-state index in [4.69, 9.17) is 9.47 Å². The fourth-order valence-corrected chi connectivity index (χ4v) is 2.37. The summed E-state index contributed by atoms with van der Waals surface area (Å²) in [6.07, 6.45) is 0. The van der Waals surface area contributed by atoms with Crippen LogP contribution in [0.3, 0.4) is 0 Å². The Labute approximate surface area is 133 Å². The average molecular weight is 318 g/mol. The van der Waals surface area contributed by atoms with Crippen molar-refractivity contribution in [2.24, 2.45) is 0 Å². The van der Waals surface area contributed by atoms with Crippen LogP contribution in [0, 0.1) is 6.92 Å². The van der Waals surface area contributed by atoms with Gasteiger partial charge in [0.1, 0.15) is 5.75 Å². The lowest BCUT2D eigenvalue weighted by Crippen LogP contribution is -2.29.